The van der Waals surface area contributed by atoms with Crippen LogP contribution in [-0.2, 0) is 0 Å². The lowest BCUT2D eigenvalue weighted by Crippen LogP contribution is -1.97. The second kappa shape index (κ2) is 7.54. The van der Waals surface area contributed by atoms with Crippen LogP contribution in [0.1, 0.15) is 16.1 Å². The van der Waals surface area contributed by atoms with Crippen LogP contribution in [-0.4, -0.2) is 27.1 Å². The summed E-state index contributed by atoms with van der Waals surface area (Å²) in [5, 5.41) is 1.36. The summed E-state index contributed by atoms with van der Waals surface area (Å²) in [7, 11) is 4.60. The molecule has 0 aliphatic carbocycles. The summed E-state index contributed by atoms with van der Waals surface area (Å²) in [5.74, 6) is 1.45. The first-order valence-electron chi connectivity index (χ1n) is 7.78. The number of ether oxygens (including phenoxy) is 3. The smallest absolute Gasteiger partial charge is 0.221 e. The van der Waals surface area contributed by atoms with Crippen LogP contribution < -0.4 is 14.2 Å². The van der Waals surface area contributed by atoms with Crippen LogP contribution in [0, 0.1) is 0 Å². The Morgan fingerprint density at radius 2 is 1.77 bits per heavy atom. The maximum absolute atomic E-state index is 12.4. The molecule has 0 amide bonds. The van der Waals surface area contributed by atoms with E-state index in [-0.39, 0.29) is 11.5 Å². The number of fused-ring (bicyclic) bond motifs is 1. The van der Waals surface area contributed by atoms with Gasteiger partial charge in [-0.15, -0.1) is 0 Å². The van der Waals surface area contributed by atoms with Crippen molar-refractivity contribution in [3.8, 4) is 17.2 Å². The molecule has 26 heavy (non-hydrogen) atoms. The van der Waals surface area contributed by atoms with Gasteiger partial charge >= 0.3 is 0 Å². The molecule has 0 bridgehead atoms. The molecule has 5 nitrogen and oxygen atoms in total. The van der Waals surface area contributed by atoms with Gasteiger partial charge in [-0.3, -0.25) is 4.79 Å². The molecule has 0 N–H and O–H groups in total. The number of benzene rings is 2. The number of hydrogen-bond acceptors (Lipinski definition) is 5. The van der Waals surface area contributed by atoms with Gasteiger partial charge in [0.05, 0.1) is 21.3 Å². The summed E-state index contributed by atoms with van der Waals surface area (Å²) in [4.78, 5) is 12.4. The molecule has 6 heteroatoms. The fourth-order valence-corrected chi connectivity index (χ4v) is 2.82. The molecule has 0 saturated carbocycles. The Bertz CT molecular complexity index is 987. The highest BCUT2D eigenvalue weighted by atomic mass is 35.5. The van der Waals surface area contributed by atoms with Gasteiger partial charge in [-0.1, -0.05) is 11.6 Å². The highest BCUT2D eigenvalue weighted by molar-refractivity contribution is 6.31. The highest BCUT2D eigenvalue weighted by Crippen LogP contribution is 2.40. The minimum Gasteiger partial charge on any atom is -0.493 e. The molecule has 3 aromatic rings. The number of furan rings is 1. The summed E-state index contributed by atoms with van der Waals surface area (Å²) in [6, 6.07) is 10.4. The van der Waals surface area contributed by atoms with E-state index < -0.39 is 0 Å². The van der Waals surface area contributed by atoms with E-state index in [9.17, 15) is 4.79 Å². The number of methoxy groups -OCH3 is 3. The summed E-state index contributed by atoms with van der Waals surface area (Å²) < 4.78 is 21.6. The average molecular weight is 373 g/mol. The van der Waals surface area contributed by atoms with Crippen LogP contribution in [0.15, 0.2) is 46.9 Å². The fraction of sp³-hybridized carbons (Fsp3) is 0.150. The van der Waals surface area contributed by atoms with Crippen LogP contribution in [0.3, 0.4) is 0 Å². The minimum atomic E-state index is -0.269. The Hall–Kier alpha value is -2.92. The van der Waals surface area contributed by atoms with E-state index >= 15 is 0 Å². The first-order valence-corrected chi connectivity index (χ1v) is 8.15. The topological polar surface area (TPSA) is 57.9 Å². The molecule has 0 aliphatic heterocycles. The van der Waals surface area contributed by atoms with Gasteiger partial charge in [0, 0.05) is 16.0 Å². The molecule has 0 spiro atoms. The van der Waals surface area contributed by atoms with Gasteiger partial charge in [0.25, 0.3) is 0 Å². The molecule has 2 aromatic carbocycles. The maximum atomic E-state index is 12.4. The molecule has 0 atom stereocenters. The fourth-order valence-electron chi connectivity index (χ4n) is 2.64. The number of ketones is 1. The largest absolute Gasteiger partial charge is 0.493 e. The van der Waals surface area contributed by atoms with Crippen molar-refractivity contribution in [3.63, 3.8) is 0 Å². The van der Waals surface area contributed by atoms with Crippen molar-refractivity contribution in [2.24, 2.45) is 0 Å². The summed E-state index contributed by atoms with van der Waals surface area (Å²) >= 11 is 5.96. The van der Waals surface area contributed by atoms with Crippen LogP contribution in [0.25, 0.3) is 17.0 Å². The van der Waals surface area contributed by atoms with Crippen LogP contribution in [0.5, 0.6) is 17.2 Å². The number of hydrogen-bond donors (Lipinski definition) is 0. The van der Waals surface area contributed by atoms with Gasteiger partial charge in [0.2, 0.25) is 11.5 Å². The molecule has 3 rings (SSSR count). The number of carbonyl (C=O) groups is 1. The van der Waals surface area contributed by atoms with Crippen LogP contribution in [0.2, 0.25) is 5.02 Å². The van der Waals surface area contributed by atoms with E-state index in [1.165, 1.54) is 20.3 Å². The van der Waals surface area contributed by atoms with Gasteiger partial charge in [0.15, 0.2) is 17.3 Å². The minimum absolute atomic E-state index is 0.234. The van der Waals surface area contributed by atoms with Crippen molar-refractivity contribution in [2.75, 3.05) is 21.3 Å². The Balaban J connectivity index is 1.92. The zero-order valence-corrected chi connectivity index (χ0v) is 15.3. The second-order valence-corrected chi connectivity index (χ2v) is 5.85. The molecule has 0 fully saturated rings. The quantitative estimate of drug-likeness (QED) is 0.449. The zero-order chi connectivity index (χ0) is 18.7. The molecule has 0 aliphatic rings. The van der Waals surface area contributed by atoms with Gasteiger partial charge in [0.1, 0.15) is 5.58 Å². The Kier molecular flexibility index (Phi) is 5.19. The van der Waals surface area contributed by atoms with E-state index in [1.54, 1.807) is 49.6 Å². The zero-order valence-electron chi connectivity index (χ0n) is 14.5. The third-order valence-corrected chi connectivity index (χ3v) is 4.11. The molecular formula is C20H17ClO5. The van der Waals surface area contributed by atoms with Gasteiger partial charge in [-0.05, 0) is 48.6 Å². The third kappa shape index (κ3) is 3.39. The normalized spacial score (nSPS) is 11.1. The monoisotopic (exact) mass is 372 g/mol. The molecule has 1 heterocycles. The maximum Gasteiger partial charge on any atom is 0.221 e. The third-order valence-electron chi connectivity index (χ3n) is 3.87. The molecule has 1 aromatic heterocycles. The van der Waals surface area contributed by atoms with Crippen molar-refractivity contribution in [2.45, 2.75) is 0 Å². The van der Waals surface area contributed by atoms with Crippen molar-refractivity contribution < 1.29 is 23.4 Å². The van der Waals surface area contributed by atoms with Crippen molar-refractivity contribution in [1.82, 2.24) is 0 Å². The van der Waals surface area contributed by atoms with E-state index in [1.807, 2.05) is 0 Å². The van der Waals surface area contributed by atoms with Gasteiger partial charge < -0.3 is 18.6 Å². The van der Waals surface area contributed by atoms with E-state index in [0.29, 0.717) is 33.4 Å². The van der Waals surface area contributed by atoms with Crippen molar-refractivity contribution in [3.05, 3.63) is 58.8 Å². The number of allylic oxidation sites excluding steroid dienone is 1. The summed E-state index contributed by atoms with van der Waals surface area (Å²) in [6.07, 6.45) is 3.06. The predicted octanol–water partition coefficient (Wildman–Crippen LogP) is 5.01. The molecule has 0 saturated heterocycles. The lowest BCUT2D eigenvalue weighted by molar-refractivity contribution is 0.102. The standard InChI is InChI=1S/C20H17ClO5/c1-23-17-8-5-12(19(24-2)20(17)25-3)4-7-15(22)18-11-13-10-14(21)6-9-16(13)26-18/h4-11H,1-3H3/b7-4+. The van der Waals surface area contributed by atoms with E-state index in [4.69, 9.17) is 30.2 Å². The number of carbonyl (C=O) groups excluding carboxylic acids is 1. The highest BCUT2D eigenvalue weighted by Gasteiger charge is 2.15. The summed E-state index contributed by atoms with van der Waals surface area (Å²) in [6.45, 7) is 0. The molecule has 0 unspecified atom stereocenters. The Morgan fingerprint density at radius 1 is 1.00 bits per heavy atom. The second-order valence-electron chi connectivity index (χ2n) is 5.41. The van der Waals surface area contributed by atoms with Gasteiger partial charge in [-0.25, -0.2) is 0 Å². The number of rotatable bonds is 6. The Labute approximate surface area is 155 Å². The average Bonchev–Trinajstić information content (AvgIpc) is 3.08. The first kappa shape index (κ1) is 17.9. The summed E-state index contributed by atoms with van der Waals surface area (Å²) in [5.41, 5.74) is 1.28. The predicted molar refractivity (Wildman–Crippen MR) is 101 cm³/mol. The Morgan fingerprint density at radius 3 is 2.46 bits per heavy atom. The number of halogens is 1. The van der Waals surface area contributed by atoms with E-state index in [2.05, 4.69) is 0 Å². The SMILES string of the molecule is COc1ccc(/C=C/C(=O)c2cc3cc(Cl)ccc3o2)c(OC)c1OC. The molecule has 134 valence electrons. The lowest BCUT2D eigenvalue weighted by Gasteiger charge is -2.13. The first-order chi connectivity index (χ1) is 12.6. The molecular weight excluding hydrogens is 356 g/mol. The van der Waals surface area contributed by atoms with Crippen LogP contribution >= 0.6 is 11.6 Å². The molecule has 0 radical (unpaired) electrons. The van der Waals surface area contributed by atoms with Crippen molar-refractivity contribution in [1.29, 1.82) is 0 Å². The van der Waals surface area contributed by atoms with Gasteiger partial charge in [-0.2, -0.15) is 0 Å². The van der Waals surface area contributed by atoms with E-state index in [0.717, 1.165) is 5.39 Å². The lowest BCUT2D eigenvalue weighted by atomic mass is 10.1. The van der Waals surface area contributed by atoms with Crippen LogP contribution in [0.4, 0.5) is 0 Å². The van der Waals surface area contributed by atoms with Crippen molar-refractivity contribution >= 4 is 34.4 Å².